The number of benzene rings is 1. The minimum Gasteiger partial charge on any atom is -0.357 e. The van der Waals surface area contributed by atoms with Gasteiger partial charge in [-0.3, -0.25) is 4.98 Å². The Morgan fingerprint density at radius 2 is 1.96 bits per heavy atom. The number of hydrogen-bond donors (Lipinski definition) is 2. The van der Waals surface area contributed by atoms with E-state index in [2.05, 4.69) is 21.7 Å². The van der Waals surface area contributed by atoms with Gasteiger partial charge in [0.1, 0.15) is 0 Å². The van der Waals surface area contributed by atoms with Crippen molar-refractivity contribution in [3.05, 3.63) is 42.1 Å². The molecule has 28 heavy (non-hydrogen) atoms. The molecule has 1 aliphatic rings. The topological polar surface area (TPSA) is 86.7 Å². The number of para-hydroxylation sites is 1. The molecule has 0 amide bonds. The van der Waals surface area contributed by atoms with Gasteiger partial charge in [0.25, 0.3) is 0 Å². The molecule has 0 spiro atoms. The van der Waals surface area contributed by atoms with E-state index in [1.807, 2.05) is 37.4 Å². The van der Waals surface area contributed by atoms with Crippen molar-refractivity contribution >= 4 is 26.9 Å². The summed E-state index contributed by atoms with van der Waals surface area (Å²) in [5.74, 6) is 1.23. The lowest BCUT2D eigenvalue weighted by molar-refractivity contribution is 0.275. The van der Waals surface area contributed by atoms with Gasteiger partial charge < -0.3 is 10.6 Å². The number of piperidine rings is 1. The van der Waals surface area contributed by atoms with Crippen LogP contribution in [0.15, 0.2) is 41.5 Å². The first-order chi connectivity index (χ1) is 13.5. The number of nitrogens with one attached hydrogen (secondary N) is 2. The Balaban J connectivity index is 1.59. The molecule has 8 heteroatoms. The summed E-state index contributed by atoms with van der Waals surface area (Å²) in [7, 11) is -3.07. The highest BCUT2D eigenvalue weighted by atomic mass is 32.2. The quantitative estimate of drug-likeness (QED) is 0.569. The van der Waals surface area contributed by atoms with Crippen molar-refractivity contribution in [1.29, 1.82) is 0 Å². The molecule has 0 saturated carbocycles. The van der Waals surface area contributed by atoms with Crippen LogP contribution in [0.2, 0.25) is 0 Å². The molecular formula is C20H29N5O2S. The van der Waals surface area contributed by atoms with Crippen molar-refractivity contribution in [1.82, 2.24) is 19.9 Å². The first-order valence-electron chi connectivity index (χ1n) is 9.77. The third-order valence-corrected chi connectivity index (χ3v) is 6.39. The van der Waals surface area contributed by atoms with Gasteiger partial charge in [0.2, 0.25) is 10.0 Å². The molecule has 1 fully saturated rings. The maximum Gasteiger partial charge on any atom is 0.211 e. The summed E-state index contributed by atoms with van der Waals surface area (Å²) in [5, 5.41) is 7.83. The first-order valence-corrected chi connectivity index (χ1v) is 11.6. The highest BCUT2D eigenvalue weighted by molar-refractivity contribution is 7.88. The molecule has 0 atom stereocenters. The SMILES string of the molecule is CCNC(=NCc1ccnc2ccccc12)NCC1CCN(S(C)(=O)=O)CC1. The lowest BCUT2D eigenvalue weighted by Crippen LogP contribution is -2.44. The number of fused-ring (bicyclic) bond motifs is 1. The van der Waals surface area contributed by atoms with Crippen LogP contribution in [0, 0.1) is 5.92 Å². The van der Waals surface area contributed by atoms with E-state index in [4.69, 9.17) is 4.99 Å². The van der Waals surface area contributed by atoms with Crippen molar-refractivity contribution in [2.45, 2.75) is 26.3 Å². The number of rotatable bonds is 6. The largest absolute Gasteiger partial charge is 0.357 e. The van der Waals surface area contributed by atoms with Gasteiger partial charge in [-0.1, -0.05) is 18.2 Å². The van der Waals surface area contributed by atoms with E-state index in [0.29, 0.717) is 25.6 Å². The number of hydrogen-bond acceptors (Lipinski definition) is 4. The summed E-state index contributed by atoms with van der Waals surface area (Å²) < 4.78 is 24.8. The molecule has 2 aromatic rings. The second-order valence-corrected chi connectivity index (χ2v) is 9.15. The van der Waals surface area contributed by atoms with Crippen LogP contribution in [0.1, 0.15) is 25.3 Å². The highest BCUT2D eigenvalue weighted by Crippen LogP contribution is 2.19. The first kappa shape index (κ1) is 20.5. The van der Waals surface area contributed by atoms with E-state index < -0.39 is 10.0 Å². The van der Waals surface area contributed by atoms with Gasteiger partial charge in [0, 0.05) is 37.8 Å². The number of aliphatic imine (C=N–C) groups is 1. The fourth-order valence-electron chi connectivity index (χ4n) is 3.48. The van der Waals surface area contributed by atoms with Crippen LogP contribution in [0.5, 0.6) is 0 Å². The summed E-state index contributed by atoms with van der Waals surface area (Å²) in [6.45, 7) is 5.40. The van der Waals surface area contributed by atoms with Crippen molar-refractivity contribution in [2.75, 3.05) is 32.4 Å². The second kappa shape index (κ2) is 9.34. The molecule has 3 rings (SSSR count). The Kier molecular flexibility index (Phi) is 6.85. The van der Waals surface area contributed by atoms with Crippen LogP contribution >= 0.6 is 0 Å². The molecule has 1 saturated heterocycles. The zero-order chi connectivity index (χ0) is 20.0. The van der Waals surface area contributed by atoms with Gasteiger partial charge in [0.15, 0.2) is 5.96 Å². The van der Waals surface area contributed by atoms with Crippen LogP contribution < -0.4 is 10.6 Å². The Bertz CT molecular complexity index is 916. The third kappa shape index (κ3) is 5.42. The van der Waals surface area contributed by atoms with E-state index in [-0.39, 0.29) is 0 Å². The molecule has 1 aliphatic heterocycles. The van der Waals surface area contributed by atoms with Crippen LogP contribution in [0.3, 0.4) is 0 Å². The maximum absolute atomic E-state index is 11.6. The standard InChI is InChI=1S/C20H29N5O2S/c1-3-21-20(23-14-16-9-12-25(13-10-16)28(2,26)27)24-15-17-8-11-22-19-7-5-4-6-18(17)19/h4-8,11,16H,3,9-10,12-15H2,1-2H3,(H2,21,23,24). The number of nitrogens with zero attached hydrogens (tertiary/aromatic N) is 3. The maximum atomic E-state index is 11.6. The molecule has 0 bridgehead atoms. The average molecular weight is 404 g/mol. The van der Waals surface area contributed by atoms with Crippen LogP contribution in [0.25, 0.3) is 10.9 Å². The lowest BCUT2D eigenvalue weighted by atomic mass is 9.98. The highest BCUT2D eigenvalue weighted by Gasteiger charge is 2.24. The monoisotopic (exact) mass is 403 g/mol. The third-order valence-electron chi connectivity index (χ3n) is 5.09. The average Bonchev–Trinajstić information content (AvgIpc) is 2.69. The van der Waals surface area contributed by atoms with Gasteiger partial charge in [0.05, 0.1) is 18.3 Å². The Labute approximate surface area is 167 Å². The molecule has 7 nitrogen and oxygen atoms in total. The van der Waals surface area contributed by atoms with Crippen molar-refractivity contribution in [2.24, 2.45) is 10.9 Å². The van der Waals surface area contributed by atoms with Crippen molar-refractivity contribution < 1.29 is 8.42 Å². The Morgan fingerprint density at radius 1 is 1.21 bits per heavy atom. The minimum absolute atomic E-state index is 0.448. The fourth-order valence-corrected chi connectivity index (χ4v) is 4.36. The predicted octanol–water partition coefficient (Wildman–Crippen LogP) is 1.96. The van der Waals surface area contributed by atoms with E-state index in [1.54, 1.807) is 4.31 Å². The minimum atomic E-state index is -3.07. The molecule has 2 N–H and O–H groups in total. The summed E-state index contributed by atoms with van der Waals surface area (Å²) in [4.78, 5) is 9.13. The zero-order valence-electron chi connectivity index (χ0n) is 16.6. The summed E-state index contributed by atoms with van der Waals surface area (Å²) in [6.07, 6.45) is 4.84. The smallest absolute Gasteiger partial charge is 0.211 e. The van der Waals surface area contributed by atoms with E-state index in [9.17, 15) is 8.42 Å². The molecule has 1 aromatic heterocycles. The lowest BCUT2D eigenvalue weighted by Gasteiger charge is -2.30. The number of pyridine rings is 1. The number of sulfonamides is 1. The molecular weight excluding hydrogens is 374 g/mol. The van der Waals surface area contributed by atoms with Crippen molar-refractivity contribution in [3.63, 3.8) is 0 Å². The van der Waals surface area contributed by atoms with Crippen LogP contribution in [0.4, 0.5) is 0 Å². The van der Waals surface area contributed by atoms with Gasteiger partial charge in [-0.2, -0.15) is 0 Å². The fraction of sp³-hybridized carbons (Fsp3) is 0.500. The molecule has 0 radical (unpaired) electrons. The van der Waals surface area contributed by atoms with Crippen molar-refractivity contribution in [3.8, 4) is 0 Å². The van der Waals surface area contributed by atoms with E-state index in [1.165, 1.54) is 6.26 Å². The van der Waals surface area contributed by atoms with Gasteiger partial charge in [-0.05, 0) is 43.4 Å². The molecule has 0 aliphatic carbocycles. The molecule has 152 valence electrons. The van der Waals surface area contributed by atoms with Gasteiger partial charge in [-0.15, -0.1) is 0 Å². The Morgan fingerprint density at radius 3 is 2.68 bits per heavy atom. The van der Waals surface area contributed by atoms with Crippen LogP contribution in [-0.2, 0) is 16.6 Å². The number of aromatic nitrogens is 1. The summed E-state index contributed by atoms with van der Waals surface area (Å²) >= 11 is 0. The molecule has 0 unspecified atom stereocenters. The van der Waals surface area contributed by atoms with Crippen LogP contribution in [-0.4, -0.2) is 56.1 Å². The normalized spacial score (nSPS) is 17.0. The van der Waals surface area contributed by atoms with E-state index in [0.717, 1.165) is 48.4 Å². The summed E-state index contributed by atoms with van der Waals surface area (Å²) in [5.41, 5.74) is 2.12. The second-order valence-electron chi connectivity index (χ2n) is 7.17. The zero-order valence-corrected chi connectivity index (χ0v) is 17.4. The predicted molar refractivity (Wildman–Crippen MR) is 114 cm³/mol. The van der Waals surface area contributed by atoms with Gasteiger partial charge in [-0.25, -0.2) is 17.7 Å². The van der Waals surface area contributed by atoms with E-state index >= 15 is 0 Å². The molecule has 2 heterocycles. The van der Waals surface area contributed by atoms with Gasteiger partial charge >= 0.3 is 0 Å². The Hall–Kier alpha value is -2.19. The summed E-state index contributed by atoms with van der Waals surface area (Å²) in [6, 6.07) is 10.1. The number of guanidine groups is 1. The molecule has 1 aromatic carbocycles.